The van der Waals surface area contributed by atoms with Gasteiger partial charge in [0.2, 0.25) is 0 Å². The van der Waals surface area contributed by atoms with Gasteiger partial charge < -0.3 is 5.32 Å². The van der Waals surface area contributed by atoms with Gasteiger partial charge in [-0.15, -0.1) is 0 Å². The Kier molecular flexibility index (Phi) is 4.42. The third-order valence-corrected chi connectivity index (χ3v) is 4.83. The van der Waals surface area contributed by atoms with Crippen LogP contribution in [0.3, 0.4) is 0 Å². The largest absolute Gasteiger partial charge is 0.376 e. The van der Waals surface area contributed by atoms with Crippen LogP contribution in [0.15, 0.2) is 36.4 Å². The summed E-state index contributed by atoms with van der Waals surface area (Å²) < 4.78 is 0. The van der Waals surface area contributed by atoms with Crippen molar-refractivity contribution in [2.24, 2.45) is 0 Å². The van der Waals surface area contributed by atoms with Crippen molar-refractivity contribution in [3.05, 3.63) is 63.1 Å². The fourth-order valence-electron chi connectivity index (χ4n) is 2.96. The Labute approximate surface area is 136 Å². The standard InChI is InChI=1S/C18H19Cl2N/c1-12(21-18-16(19)7-4-8-17(18)20)14-10-9-13-5-2-3-6-15(13)11-14/h4,7-12,21H,2-3,5-6H2,1H3. The second-order valence-corrected chi connectivity index (χ2v) is 6.51. The van der Waals surface area contributed by atoms with E-state index in [4.69, 9.17) is 23.2 Å². The molecule has 2 aromatic carbocycles. The summed E-state index contributed by atoms with van der Waals surface area (Å²) in [7, 11) is 0. The molecule has 3 rings (SSSR count). The van der Waals surface area contributed by atoms with Crippen LogP contribution in [0.25, 0.3) is 0 Å². The quantitative estimate of drug-likeness (QED) is 0.726. The van der Waals surface area contributed by atoms with Crippen LogP contribution in [0.1, 0.15) is 42.5 Å². The maximum Gasteiger partial charge on any atom is 0.0723 e. The molecule has 0 aliphatic heterocycles. The molecule has 21 heavy (non-hydrogen) atoms. The molecular weight excluding hydrogens is 301 g/mol. The molecular formula is C18H19Cl2N. The molecule has 2 aromatic rings. The van der Waals surface area contributed by atoms with E-state index in [0.717, 1.165) is 5.69 Å². The van der Waals surface area contributed by atoms with Gasteiger partial charge in [-0.25, -0.2) is 0 Å². The lowest BCUT2D eigenvalue weighted by molar-refractivity contribution is 0.683. The van der Waals surface area contributed by atoms with E-state index < -0.39 is 0 Å². The number of halogens is 2. The van der Waals surface area contributed by atoms with E-state index in [2.05, 4.69) is 30.4 Å². The van der Waals surface area contributed by atoms with E-state index in [0.29, 0.717) is 10.0 Å². The summed E-state index contributed by atoms with van der Waals surface area (Å²) in [6.07, 6.45) is 5.03. The van der Waals surface area contributed by atoms with Crippen molar-refractivity contribution >= 4 is 28.9 Å². The first-order chi connectivity index (χ1) is 10.1. The lowest BCUT2D eigenvalue weighted by Crippen LogP contribution is -2.10. The zero-order valence-corrected chi connectivity index (χ0v) is 13.6. The van der Waals surface area contributed by atoms with Crippen LogP contribution in [0, 0.1) is 0 Å². The van der Waals surface area contributed by atoms with Crippen molar-refractivity contribution in [3.63, 3.8) is 0 Å². The summed E-state index contributed by atoms with van der Waals surface area (Å²) in [4.78, 5) is 0. The lowest BCUT2D eigenvalue weighted by Gasteiger charge is -2.21. The molecule has 1 aliphatic carbocycles. The zero-order valence-electron chi connectivity index (χ0n) is 12.1. The van der Waals surface area contributed by atoms with Gasteiger partial charge in [-0.3, -0.25) is 0 Å². The molecule has 0 fully saturated rings. The number of hydrogen-bond acceptors (Lipinski definition) is 1. The summed E-state index contributed by atoms with van der Waals surface area (Å²) in [6, 6.07) is 12.6. The Morgan fingerprint density at radius 3 is 2.33 bits per heavy atom. The van der Waals surface area contributed by atoms with Crippen LogP contribution in [0.5, 0.6) is 0 Å². The minimum atomic E-state index is 0.176. The third-order valence-electron chi connectivity index (χ3n) is 4.20. The van der Waals surface area contributed by atoms with E-state index in [1.165, 1.54) is 42.4 Å². The van der Waals surface area contributed by atoms with Gasteiger partial charge in [0.25, 0.3) is 0 Å². The Hall–Kier alpha value is -1.18. The van der Waals surface area contributed by atoms with Crippen molar-refractivity contribution in [3.8, 4) is 0 Å². The number of para-hydroxylation sites is 1. The second kappa shape index (κ2) is 6.29. The molecule has 0 saturated carbocycles. The molecule has 0 aromatic heterocycles. The molecule has 0 saturated heterocycles. The van der Waals surface area contributed by atoms with E-state index >= 15 is 0 Å². The summed E-state index contributed by atoms with van der Waals surface area (Å²) in [5.41, 5.74) is 5.10. The van der Waals surface area contributed by atoms with Gasteiger partial charge in [-0.2, -0.15) is 0 Å². The summed E-state index contributed by atoms with van der Waals surface area (Å²) in [5.74, 6) is 0. The van der Waals surface area contributed by atoms with Crippen molar-refractivity contribution < 1.29 is 0 Å². The van der Waals surface area contributed by atoms with Crippen LogP contribution in [0.2, 0.25) is 10.0 Å². The number of aryl methyl sites for hydroxylation is 2. The predicted octanol–water partition coefficient (Wildman–Crippen LogP) is 6.05. The van der Waals surface area contributed by atoms with Crippen molar-refractivity contribution in [1.29, 1.82) is 0 Å². The van der Waals surface area contributed by atoms with Crippen LogP contribution >= 0.6 is 23.2 Å². The van der Waals surface area contributed by atoms with Crippen LogP contribution in [-0.2, 0) is 12.8 Å². The predicted molar refractivity (Wildman–Crippen MR) is 91.6 cm³/mol. The van der Waals surface area contributed by atoms with E-state index in [1.54, 1.807) is 0 Å². The number of hydrogen-bond donors (Lipinski definition) is 1. The topological polar surface area (TPSA) is 12.0 Å². The first-order valence-corrected chi connectivity index (χ1v) is 8.23. The number of benzene rings is 2. The molecule has 1 N–H and O–H groups in total. The molecule has 1 unspecified atom stereocenters. The fraction of sp³-hybridized carbons (Fsp3) is 0.333. The summed E-state index contributed by atoms with van der Waals surface area (Å²) in [6.45, 7) is 2.14. The van der Waals surface area contributed by atoms with E-state index in [9.17, 15) is 0 Å². The first kappa shape index (κ1) is 14.7. The van der Waals surface area contributed by atoms with Gasteiger partial charge in [-0.05, 0) is 61.4 Å². The lowest BCUT2D eigenvalue weighted by atomic mass is 9.89. The summed E-state index contributed by atoms with van der Waals surface area (Å²) in [5, 5.41) is 4.76. The smallest absolute Gasteiger partial charge is 0.0723 e. The number of anilines is 1. The SMILES string of the molecule is CC(Nc1c(Cl)cccc1Cl)c1ccc2c(c1)CCCC2. The highest BCUT2D eigenvalue weighted by Gasteiger charge is 2.14. The average Bonchev–Trinajstić information content (AvgIpc) is 2.50. The molecule has 1 aliphatic rings. The number of fused-ring (bicyclic) bond motifs is 1. The van der Waals surface area contributed by atoms with Gasteiger partial charge in [0.15, 0.2) is 0 Å². The number of nitrogens with one attached hydrogen (secondary N) is 1. The monoisotopic (exact) mass is 319 g/mol. The average molecular weight is 320 g/mol. The molecule has 0 radical (unpaired) electrons. The Morgan fingerprint density at radius 1 is 0.952 bits per heavy atom. The van der Waals surface area contributed by atoms with Gasteiger partial charge in [0, 0.05) is 6.04 Å². The highest BCUT2D eigenvalue weighted by atomic mass is 35.5. The van der Waals surface area contributed by atoms with E-state index in [-0.39, 0.29) is 6.04 Å². The molecule has 0 spiro atoms. The van der Waals surface area contributed by atoms with E-state index in [1.807, 2.05) is 18.2 Å². The third kappa shape index (κ3) is 3.20. The van der Waals surface area contributed by atoms with Crippen LogP contribution < -0.4 is 5.32 Å². The Bertz CT molecular complexity index is 631. The molecule has 0 amide bonds. The number of rotatable bonds is 3. The maximum absolute atomic E-state index is 6.23. The molecule has 1 atom stereocenters. The van der Waals surface area contributed by atoms with Gasteiger partial charge >= 0.3 is 0 Å². The minimum absolute atomic E-state index is 0.176. The highest BCUT2D eigenvalue weighted by Crippen LogP contribution is 2.33. The molecule has 3 heteroatoms. The van der Waals surface area contributed by atoms with Crippen LogP contribution in [-0.4, -0.2) is 0 Å². The first-order valence-electron chi connectivity index (χ1n) is 7.47. The molecule has 0 heterocycles. The van der Waals surface area contributed by atoms with Crippen molar-refractivity contribution in [2.75, 3.05) is 5.32 Å². The maximum atomic E-state index is 6.23. The highest BCUT2D eigenvalue weighted by molar-refractivity contribution is 6.39. The van der Waals surface area contributed by atoms with Crippen LogP contribution in [0.4, 0.5) is 5.69 Å². The molecule has 1 nitrogen and oxygen atoms in total. The van der Waals surface area contributed by atoms with Crippen molar-refractivity contribution in [1.82, 2.24) is 0 Å². The summed E-state index contributed by atoms with van der Waals surface area (Å²) >= 11 is 12.5. The van der Waals surface area contributed by atoms with Gasteiger partial charge in [0.05, 0.1) is 15.7 Å². The zero-order chi connectivity index (χ0) is 14.8. The minimum Gasteiger partial charge on any atom is -0.376 e. The Balaban J connectivity index is 1.84. The van der Waals surface area contributed by atoms with Gasteiger partial charge in [0.1, 0.15) is 0 Å². The fourth-order valence-corrected chi connectivity index (χ4v) is 3.46. The molecule has 0 bridgehead atoms. The normalized spacial score (nSPS) is 15.4. The molecule has 110 valence electrons. The Morgan fingerprint density at radius 2 is 1.62 bits per heavy atom. The van der Waals surface area contributed by atoms with Crippen molar-refractivity contribution in [2.45, 2.75) is 38.6 Å². The second-order valence-electron chi connectivity index (χ2n) is 5.70. The van der Waals surface area contributed by atoms with Gasteiger partial charge in [-0.1, -0.05) is 47.5 Å².